The van der Waals surface area contributed by atoms with Crippen LogP contribution in [0.2, 0.25) is 0 Å². The molecule has 0 aliphatic carbocycles. The average Bonchev–Trinajstić information content (AvgIpc) is 2.96. The molecule has 1 aliphatic rings. The van der Waals surface area contributed by atoms with Crippen LogP contribution in [0.4, 0.5) is 0 Å². The Morgan fingerprint density at radius 1 is 1.08 bits per heavy atom. The van der Waals surface area contributed by atoms with Crippen LogP contribution >= 0.6 is 0 Å². The summed E-state index contributed by atoms with van der Waals surface area (Å²) in [4.78, 5) is 0. The zero-order valence-corrected chi connectivity index (χ0v) is 15.0. The fourth-order valence-corrected chi connectivity index (χ4v) is 2.99. The van der Waals surface area contributed by atoms with Gasteiger partial charge in [-0.15, -0.1) is 0 Å². The molecule has 0 saturated carbocycles. The van der Waals surface area contributed by atoms with Gasteiger partial charge < -0.3 is 14.2 Å². The molecule has 0 bridgehead atoms. The SMILES string of the molecule is CCC1(c2cccc(OCC#Cc3ccccc3)c2)COC(C)(C)O1. The van der Waals surface area contributed by atoms with Crippen LogP contribution in [-0.4, -0.2) is 19.0 Å². The van der Waals surface area contributed by atoms with Crippen LogP contribution < -0.4 is 4.74 Å². The van der Waals surface area contributed by atoms with Gasteiger partial charge in [-0.05, 0) is 50.1 Å². The van der Waals surface area contributed by atoms with E-state index in [1.165, 1.54) is 0 Å². The lowest BCUT2D eigenvalue weighted by molar-refractivity contribution is -0.164. The topological polar surface area (TPSA) is 27.7 Å². The Kier molecular flexibility index (Phi) is 5.13. The number of hydrogen-bond acceptors (Lipinski definition) is 3. The predicted octanol–water partition coefficient (Wildman–Crippen LogP) is 4.51. The summed E-state index contributed by atoms with van der Waals surface area (Å²) in [5, 5.41) is 0. The maximum atomic E-state index is 6.20. The molecule has 0 N–H and O–H groups in total. The lowest BCUT2D eigenvalue weighted by Gasteiger charge is -2.28. The number of rotatable bonds is 4. The van der Waals surface area contributed by atoms with E-state index >= 15 is 0 Å². The van der Waals surface area contributed by atoms with Gasteiger partial charge in [0, 0.05) is 5.56 Å². The molecule has 1 unspecified atom stereocenters. The minimum atomic E-state index is -0.561. The predicted molar refractivity (Wildman–Crippen MR) is 98.3 cm³/mol. The second-order valence-electron chi connectivity index (χ2n) is 6.62. The summed E-state index contributed by atoms with van der Waals surface area (Å²) in [6.45, 7) is 6.91. The molecular formula is C22H24O3. The average molecular weight is 336 g/mol. The van der Waals surface area contributed by atoms with Crippen molar-refractivity contribution in [3.8, 4) is 17.6 Å². The fourth-order valence-electron chi connectivity index (χ4n) is 2.99. The van der Waals surface area contributed by atoms with Gasteiger partial charge in [0.1, 0.15) is 18.0 Å². The Morgan fingerprint density at radius 3 is 2.56 bits per heavy atom. The van der Waals surface area contributed by atoms with E-state index in [4.69, 9.17) is 14.2 Å². The summed E-state index contributed by atoms with van der Waals surface area (Å²) in [5.74, 6) is 6.37. The largest absolute Gasteiger partial charge is 0.481 e. The van der Waals surface area contributed by atoms with Crippen LogP contribution in [0.3, 0.4) is 0 Å². The molecule has 0 radical (unpaired) electrons. The molecule has 25 heavy (non-hydrogen) atoms. The van der Waals surface area contributed by atoms with Crippen molar-refractivity contribution in [1.82, 2.24) is 0 Å². The first-order valence-corrected chi connectivity index (χ1v) is 8.64. The van der Waals surface area contributed by atoms with Crippen molar-refractivity contribution in [3.05, 3.63) is 65.7 Å². The summed E-state index contributed by atoms with van der Waals surface area (Å²) in [5.41, 5.74) is 1.65. The smallest absolute Gasteiger partial charge is 0.164 e. The van der Waals surface area contributed by atoms with E-state index in [2.05, 4.69) is 24.8 Å². The Hall–Kier alpha value is -2.28. The minimum absolute atomic E-state index is 0.348. The zero-order chi connectivity index (χ0) is 17.8. The monoisotopic (exact) mass is 336 g/mol. The van der Waals surface area contributed by atoms with Crippen molar-refractivity contribution < 1.29 is 14.2 Å². The van der Waals surface area contributed by atoms with Crippen LogP contribution in [-0.2, 0) is 15.1 Å². The molecule has 0 spiro atoms. The third kappa shape index (κ3) is 4.22. The van der Waals surface area contributed by atoms with E-state index in [1.807, 2.05) is 62.4 Å². The molecule has 0 amide bonds. The van der Waals surface area contributed by atoms with Crippen LogP contribution in [0.5, 0.6) is 5.75 Å². The Morgan fingerprint density at radius 2 is 1.88 bits per heavy atom. The van der Waals surface area contributed by atoms with Crippen molar-refractivity contribution >= 4 is 0 Å². The molecule has 3 nitrogen and oxygen atoms in total. The van der Waals surface area contributed by atoms with Gasteiger partial charge in [0.25, 0.3) is 0 Å². The maximum Gasteiger partial charge on any atom is 0.164 e. The fraction of sp³-hybridized carbons (Fsp3) is 0.364. The first kappa shape index (κ1) is 17.5. The Bertz CT molecular complexity index is 771. The highest BCUT2D eigenvalue weighted by atomic mass is 16.8. The highest BCUT2D eigenvalue weighted by Crippen LogP contribution is 2.41. The highest BCUT2D eigenvalue weighted by molar-refractivity contribution is 5.35. The van der Waals surface area contributed by atoms with E-state index in [-0.39, 0.29) is 0 Å². The Balaban J connectivity index is 1.69. The summed E-state index contributed by atoms with van der Waals surface area (Å²) < 4.78 is 17.8. The van der Waals surface area contributed by atoms with Crippen molar-refractivity contribution in [2.75, 3.05) is 13.2 Å². The molecule has 1 atom stereocenters. The normalized spacial score (nSPS) is 21.4. The Labute approximate surface area is 149 Å². The van der Waals surface area contributed by atoms with E-state index in [0.29, 0.717) is 13.2 Å². The first-order chi connectivity index (χ1) is 12.0. The summed E-state index contributed by atoms with van der Waals surface area (Å²) >= 11 is 0. The molecule has 2 aromatic carbocycles. The summed E-state index contributed by atoms with van der Waals surface area (Å²) in [6, 6.07) is 17.9. The second-order valence-corrected chi connectivity index (χ2v) is 6.62. The number of benzene rings is 2. The van der Waals surface area contributed by atoms with Gasteiger partial charge >= 0.3 is 0 Å². The molecule has 1 heterocycles. The standard InChI is InChI=1S/C22H24O3/c1-4-22(17-24-21(2,3)25-22)19-13-8-14-20(16-19)23-15-9-12-18-10-6-5-7-11-18/h5-8,10-11,13-14,16H,4,15,17H2,1-3H3. The number of hydrogen-bond donors (Lipinski definition) is 0. The third-order valence-electron chi connectivity index (χ3n) is 4.34. The first-order valence-electron chi connectivity index (χ1n) is 8.64. The van der Waals surface area contributed by atoms with Gasteiger partial charge in [-0.2, -0.15) is 0 Å². The van der Waals surface area contributed by atoms with Crippen LogP contribution in [0.1, 0.15) is 38.3 Å². The third-order valence-corrected chi connectivity index (χ3v) is 4.34. The van der Waals surface area contributed by atoms with Gasteiger partial charge in [-0.25, -0.2) is 0 Å². The highest BCUT2D eigenvalue weighted by Gasteiger charge is 2.45. The minimum Gasteiger partial charge on any atom is -0.481 e. The molecule has 0 aromatic heterocycles. The lowest BCUT2D eigenvalue weighted by Crippen LogP contribution is -2.31. The molecule has 3 rings (SSSR count). The van der Waals surface area contributed by atoms with E-state index in [0.717, 1.165) is 23.3 Å². The molecule has 1 fully saturated rings. The van der Waals surface area contributed by atoms with Crippen molar-refractivity contribution in [3.63, 3.8) is 0 Å². The molecule has 1 aliphatic heterocycles. The molecule has 130 valence electrons. The summed E-state index contributed by atoms with van der Waals surface area (Å²) in [6.07, 6.45) is 0.841. The van der Waals surface area contributed by atoms with Crippen LogP contribution in [0, 0.1) is 11.8 Å². The van der Waals surface area contributed by atoms with Gasteiger partial charge in [-0.1, -0.05) is 49.1 Å². The quantitative estimate of drug-likeness (QED) is 0.769. The lowest BCUT2D eigenvalue weighted by atomic mass is 9.92. The number of ether oxygens (including phenoxy) is 3. The maximum absolute atomic E-state index is 6.20. The molecule has 3 heteroatoms. The molecule has 1 saturated heterocycles. The van der Waals surface area contributed by atoms with Gasteiger partial charge in [0.05, 0.1) is 6.61 Å². The van der Waals surface area contributed by atoms with E-state index in [1.54, 1.807) is 0 Å². The zero-order valence-electron chi connectivity index (χ0n) is 15.0. The van der Waals surface area contributed by atoms with Crippen LogP contribution in [0.25, 0.3) is 0 Å². The molecular weight excluding hydrogens is 312 g/mol. The van der Waals surface area contributed by atoms with Crippen LogP contribution in [0.15, 0.2) is 54.6 Å². The second kappa shape index (κ2) is 7.31. The van der Waals surface area contributed by atoms with Crippen molar-refractivity contribution in [2.45, 2.75) is 38.6 Å². The van der Waals surface area contributed by atoms with Crippen molar-refractivity contribution in [1.29, 1.82) is 0 Å². The van der Waals surface area contributed by atoms with Gasteiger partial charge in [0.2, 0.25) is 0 Å². The van der Waals surface area contributed by atoms with E-state index in [9.17, 15) is 0 Å². The van der Waals surface area contributed by atoms with E-state index < -0.39 is 11.4 Å². The van der Waals surface area contributed by atoms with Gasteiger partial charge in [-0.3, -0.25) is 0 Å². The molecule has 2 aromatic rings. The van der Waals surface area contributed by atoms with Crippen molar-refractivity contribution in [2.24, 2.45) is 0 Å². The van der Waals surface area contributed by atoms with Gasteiger partial charge in [0.15, 0.2) is 5.79 Å². The summed E-state index contributed by atoms with van der Waals surface area (Å²) in [7, 11) is 0.